The Labute approximate surface area is 103 Å². The highest BCUT2D eigenvalue weighted by molar-refractivity contribution is 9.11. The molecular weight excluding hydrogens is 328 g/mol. The Morgan fingerprint density at radius 1 is 1.21 bits per heavy atom. The van der Waals surface area contributed by atoms with E-state index in [1.54, 1.807) is 0 Å². The third kappa shape index (κ3) is 2.04. The van der Waals surface area contributed by atoms with Crippen LogP contribution in [0.4, 0.5) is 0 Å². The van der Waals surface area contributed by atoms with Crippen LogP contribution in [0, 0.1) is 6.92 Å². The Morgan fingerprint density at radius 2 is 2.00 bits per heavy atom. The van der Waals surface area contributed by atoms with Crippen LogP contribution in [-0.4, -0.2) is 10.2 Å². The molecule has 0 saturated carbocycles. The van der Waals surface area contributed by atoms with Crippen molar-refractivity contribution in [3.8, 4) is 10.6 Å². The number of benzene rings is 1. The van der Waals surface area contributed by atoms with E-state index in [2.05, 4.69) is 55.0 Å². The molecule has 0 N–H and O–H groups in total. The van der Waals surface area contributed by atoms with E-state index < -0.39 is 0 Å². The van der Waals surface area contributed by atoms with E-state index in [1.165, 1.54) is 16.9 Å². The molecule has 0 bridgehead atoms. The zero-order valence-corrected chi connectivity index (χ0v) is 11.3. The number of aromatic nitrogens is 2. The number of hydrogen-bond donors (Lipinski definition) is 0. The van der Waals surface area contributed by atoms with E-state index in [4.69, 9.17) is 0 Å². The lowest BCUT2D eigenvalue weighted by Crippen LogP contribution is -1.80. The van der Waals surface area contributed by atoms with Crippen LogP contribution in [0.3, 0.4) is 0 Å². The van der Waals surface area contributed by atoms with Crippen molar-refractivity contribution in [2.45, 2.75) is 6.92 Å². The van der Waals surface area contributed by atoms with Crippen LogP contribution in [0.5, 0.6) is 0 Å². The summed E-state index contributed by atoms with van der Waals surface area (Å²) in [6, 6.07) is 6.15. The quantitative estimate of drug-likeness (QED) is 0.787. The highest BCUT2D eigenvalue weighted by Crippen LogP contribution is 2.28. The van der Waals surface area contributed by atoms with Gasteiger partial charge in [0.25, 0.3) is 0 Å². The Balaban J connectivity index is 2.47. The fourth-order valence-corrected chi connectivity index (χ4v) is 2.45. The van der Waals surface area contributed by atoms with Crippen molar-refractivity contribution in [3.63, 3.8) is 0 Å². The molecule has 0 aliphatic heterocycles. The van der Waals surface area contributed by atoms with Crippen LogP contribution in [0.1, 0.15) is 5.56 Å². The normalized spacial score (nSPS) is 10.5. The first kappa shape index (κ1) is 10.3. The molecule has 0 atom stereocenters. The third-order valence-corrected chi connectivity index (χ3v) is 4.10. The average molecular weight is 334 g/mol. The summed E-state index contributed by atoms with van der Waals surface area (Å²) in [7, 11) is 0. The molecule has 0 amide bonds. The third-order valence-electron chi connectivity index (χ3n) is 1.81. The van der Waals surface area contributed by atoms with Crippen molar-refractivity contribution in [1.29, 1.82) is 0 Å². The number of hydrogen-bond acceptors (Lipinski definition) is 3. The molecule has 2 rings (SSSR count). The molecule has 1 aromatic heterocycles. The summed E-state index contributed by atoms with van der Waals surface area (Å²) in [6.07, 6.45) is 0. The highest BCUT2D eigenvalue weighted by atomic mass is 79.9. The molecule has 0 saturated heterocycles. The summed E-state index contributed by atoms with van der Waals surface area (Å²) in [5.41, 5.74) is 2.31. The first-order chi connectivity index (χ1) is 6.66. The standard InChI is InChI=1S/C9H6Br2N2S/c1-5-4-6(2-3-7(5)10)8-12-13-9(11)14-8/h2-4H,1H3. The fourth-order valence-electron chi connectivity index (χ4n) is 1.10. The minimum absolute atomic E-state index is 0.813. The van der Waals surface area contributed by atoms with E-state index in [0.717, 1.165) is 19.0 Å². The predicted octanol–water partition coefficient (Wildman–Crippen LogP) is 4.04. The Morgan fingerprint density at radius 3 is 2.57 bits per heavy atom. The van der Waals surface area contributed by atoms with Gasteiger partial charge in [-0.05, 0) is 40.5 Å². The molecule has 5 heteroatoms. The van der Waals surface area contributed by atoms with Crippen LogP contribution in [0.2, 0.25) is 0 Å². The zero-order chi connectivity index (χ0) is 10.1. The van der Waals surface area contributed by atoms with E-state index >= 15 is 0 Å². The van der Waals surface area contributed by atoms with Crippen molar-refractivity contribution in [2.24, 2.45) is 0 Å². The lowest BCUT2D eigenvalue weighted by atomic mass is 10.1. The summed E-state index contributed by atoms with van der Waals surface area (Å²) < 4.78 is 1.93. The van der Waals surface area contributed by atoms with Crippen molar-refractivity contribution >= 4 is 43.2 Å². The SMILES string of the molecule is Cc1cc(-c2nnc(Br)s2)ccc1Br. The second-order valence-electron chi connectivity index (χ2n) is 2.82. The van der Waals surface area contributed by atoms with Gasteiger partial charge in [-0.3, -0.25) is 0 Å². The summed E-state index contributed by atoms with van der Waals surface area (Å²) in [6.45, 7) is 2.06. The maximum Gasteiger partial charge on any atom is 0.183 e. The second kappa shape index (κ2) is 4.08. The van der Waals surface area contributed by atoms with E-state index in [9.17, 15) is 0 Å². The van der Waals surface area contributed by atoms with Crippen LogP contribution < -0.4 is 0 Å². The van der Waals surface area contributed by atoms with Gasteiger partial charge in [0, 0.05) is 10.0 Å². The van der Waals surface area contributed by atoms with Crippen molar-refractivity contribution in [1.82, 2.24) is 10.2 Å². The summed E-state index contributed by atoms with van der Waals surface area (Å²) >= 11 is 8.30. The topological polar surface area (TPSA) is 25.8 Å². The molecule has 0 spiro atoms. The maximum absolute atomic E-state index is 4.06. The second-order valence-corrected chi connectivity index (χ2v) is 5.93. The molecule has 2 aromatic rings. The molecule has 1 aromatic carbocycles. The van der Waals surface area contributed by atoms with Gasteiger partial charge in [-0.1, -0.05) is 33.3 Å². The van der Waals surface area contributed by atoms with Crippen LogP contribution in [-0.2, 0) is 0 Å². The van der Waals surface area contributed by atoms with E-state index in [0.29, 0.717) is 0 Å². The summed E-state index contributed by atoms with van der Waals surface area (Å²) in [5.74, 6) is 0. The van der Waals surface area contributed by atoms with Gasteiger partial charge < -0.3 is 0 Å². The lowest BCUT2D eigenvalue weighted by Gasteiger charge is -1.99. The molecular formula is C9H6Br2N2S. The fraction of sp³-hybridized carbons (Fsp3) is 0.111. The van der Waals surface area contributed by atoms with Crippen LogP contribution >= 0.6 is 43.2 Å². The predicted molar refractivity (Wildman–Crippen MR) is 65.5 cm³/mol. The van der Waals surface area contributed by atoms with Gasteiger partial charge in [-0.2, -0.15) is 0 Å². The van der Waals surface area contributed by atoms with Gasteiger partial charge >= 0.3 is 0 Å². The summed E-state index contributed by atoms with van der Waals surface area (Å²) in [4.78, 5) is 0. The van der Waals surface area contributed by atoms with Crippen LogP contribution in [0.25, 0.3) is 10.6 Å². The molecule has 0 radical (unpaired) electrons. The van der Waals surface area contributed by atoms with Crippen molar-refractivity contribution in [2.75, 3.05) is 0 Å². The minimum atomic E-state index is 0.813. The van der Waals surface area contributed by atoms with E-state index in [-0.39, 0.29) is 0 Å². The molecule has 0 aliphatic rings. The van der Waals surface area contributed by atoms with Gasteiger partial charge in [-0.25, -0.2) is 0 Å². The Kier molecular flexibility index (Phi) is 2.99. The number of rotatable bonds is 1. The number of aryl methyl sites for hydroxylation is 1. The van der Waals surface area contributed by atoms with Gasteiger partial charge in [0.05, 0.1) is 0 Å². The molecule has 0 unspecified atom stereocenters. The largest absolute Gasteiger partial charge is 0.183 e. The van der Waals surface area contributed by atoms with Crippen molar-refractivity contribution < 1.29 is 0 Å². The molecule has 1 heterocycles. The van der Waals surface area contributed by atoms with Gasteiger partial charge in [0.2, 0.25) is 0 Å². The van der Waals surface area contributed by atoms with Gasteiger partial charge in [0.1, 0.15) is 5.01 Å². The minimum Gasteiger partial charge on any atom is -0.137 e. The summed E-state index contributed by atoms with van der Waals surface area (Å²) in [5, 5.41) is 8.92. The van der Waals surface area contributed by atoms with Gasteiger partial charge in [-0.15, -0.1) is 10.2 Å². The van der Waals surface area contributed by atoms with Crippen LogP contribution in [0.15, 0.2) is 26.6 Å². The number of nitrogens with zero attached hydrogens (tertiary/aromatic N) is 2. The molecule has 0 fully saturated rings. The Bertz CT molecular complexity index is 468. The van der Waals surface area contributed by atoms with Crippen molar-refractivity contribution in [3.05, 3.63) is 32.2 Å². The number of halogens is 2. The van der Waals surface area contributed by atoms with Gasteiger partial charge in [0.15, 0.2) is 3.92 Å². The molecule has 0 aliphatic carbocycles. The average Bonchev–Trinajstić information content (AvgIpc) is 2.57. The maximum atomic E-state index is 4.06. The monoisotopic (exact) mass is 332 g/mol. The molecule has 2 nitrogen and oxygen atoms in total. The highest BCUT2D eigenvalue weighted by Gasteiger charge is 2.05. The zero-order valence-electron chi connectivity index (χ0n) is 7.29. The van der Waals surface area contributed by atoms with E-state index in [1.807, 2.05) is 12.1 Å². The molecule has 72 valence electrons. The smallest absolute Gasteiger partial charge is 0.137 e. The first-order valence-corrected chi connectivity index (χ1v) is 6.32. The Hall–Kier alpha value is -0.260. The molecule has 14 heavy (non-hydrogen) atoms. The lowest BCUT2D eigenvalue weighted by molar-refractivity contribution is 1.07. The first-order valence-electron chi connectivity index (χ1n) is 3.92.